The number of likely N-dealkylation sites (tertiary alicyclic amines) is 1. The van der Waals surface area contributed by atoms with Crippen LogP contribution in [0.25, 0.3) is 20.8 Å². The molecular formula is C24H24N4OS. The van der Waals surface area contributed by atoms with Crippen molar-refractivity contribution < 1.29 is 4.79 Å². The molecule has 1 N–H and O–H groups in total. The number of rotatable bonds is 4. The van der Waals surface area contributed by atoms with Crippen molar-refractivity contribution in [2.75, 3.05) is 18.4 Å². The minimum Gasteiger partial charge on any atom is -0.360 e. The van der Waals surface area contributed by atoms with Crippen LogP contribution in [0, 0.1) is 24.2 Å². The molecule has 1 amide bonds. The van der Waals surface area contributed by atoms with E-state index in [4.69, 9.17) is 4.98 Å². The van der Waals surface area contributed by atoms with Gasteiger partial charge < -0.3 is 10.2 Å². The number of carbonyl (C=O) groups excluding carboxylic acids is 1. The van der Waals surface area contributed by atoms with Crippen LogP contribution in [0.5, 0.6) is 0 Å². The third kappa shape index (κ3) is 4.37. The highest BCUT2D eigenvalue weighted by Crippen LogP contribution is 2.31. The molecule has 152 valence electrons. The Morgan fingerprint density at radius 3 is 2.67 bits per heavy atom. The van der Waals surface area contributed by atoms with Gasteiger partial charge in [-0.25, -0.2) is 4.98 Å². The number of aromatic nitrogens is 1. The predicted molar refractivity (Wildman–Crippen MR) is 122 cm³/mol. The molecule has 0 bridgehead atoms. The van der Waals surface area contributed by atoms with Gasteiger partial charge in [-0.15, -0.1) is 11.3 Å². The minimum absolute atomic E-state index is 0.134. The van der Waals surface area contributed by atoms with Gasteiger partial charge in [-0.05, 0) is 67.6 Å². The fraction of sp³-hybridized carbons (Fsp3) is 0.292. The van der Waals surface area contributed by atoms with Gasteiger partial charge in [0.25, 0.3) is 5.91 Å². The van der Waals surface area contributed by atoms with Crippen LogP contribution in [0.4, 0.5) is 5.69 Å². The van der Waals surface area contributed by atoms with Crippen molar-refractivity contribution in [1.29, 1.82) is 5.26 Å². The Morgan fingerprint density at radius 1 is 1.23 bits per heavy atom. The fourth-order valence-corrected chi connectivity index (χ4v) is 4.61. The SMILES string of the molecule is Cc1ccc2nc(-c3ccc(N/C=C(/C#N)C(=O)N4CCC(C)CC4)cc3)sc2c1. The van der Waals surface area contributed by atoms with Gasteiger partial charge in [-0.2, -0.15) is 5.26 Å². The number of anilines is 1. The zero-order chi connectivity index (χ0) is 21.1. The Balaban J connectivity index is 1.45. The summed E-state index contributed by atoms with van der Waals surface area (Å²) in [5, 5.41) is 13.5. The second-order valence-corrected chi connectivity index (χ2v) is 8.89. The molecule has 1 aliphatic rings. The lowest BCUT2D eigenvalue weighted by atomic mass is 9.99. The Labute approximate surface area is 180 Å². The van der Waals surface area contributed by atoms with E-state index in [1.165, 1.54) is 16.5 Å². The largest absolute Gasteiger partial charge is 0.360 e. The molecule has 1 saturated heterocycles. The Morgan fingerprint density at radius 2 is 1.97 bits per heavy atom. The molecule has 2 heterocycles. The van der Waals surface area contributed by atoms with Gasteiger partial charge in [0.15, 0.2) is 0 Å². The molecule has 6 heteroatoms. The highest BCUT2D eigenvalue weighted by Gasteiger charge is 2.23. The van der Waals surface area contributed by atoms with Crippen molar-refractivity contribution in [2.45, 2.75) is 26.7 Å². The summed E-state index contributed by atoms with van der Waals surface area (Å²) in [5.74, 6) is 0.443. The van der Waals surface area contributed by atoms with E-state index in [0.29, 0.717) is 5.92 Å². The van der Waals surface area contributed by atoms with Crippen LogP contribution >= 0.6 is 11.3 Å². The average molecular weight is 417 g/mol. The maximum atomic E-state index is 12.6. The number of carbonyl (C=O) groups is 1. The molecule has 1 aromatic heterocycles. The first-order chi connectivity index (χ1) is 14.5. The Kier molecular flexibility index (Phi) is 5.82. The summed E-state index contributed by atoms with van der Waals surface area (Å²) in [5.41, 5.74) is 4.24. The minimum atomic E-state index is -0.196. The maximum absolute atomic E-state index is 12.6. The molecule has 0 unspecified atom stereocenters. The summed E-state index contributed by atoms with van der Waals surface area (Å²) >= 11 is 1.68. The number of thiazole rings is 1. The van der Waals surface area contributed by atoms with Gasteiger partial charge in [-0.3, -0.25) is 4.79 Å². The van der Waals surface area contributed by atoms with E-state index in [1.54, 1.807) is 16.2 Å². The number of amides is 1. The summed E-state index contributed by atoms with van der Waals surface area (Å²) < 4.78 is 1.18. The van der Waals surface area contributed by atoms with Crippen LogP contribution in [-0.4, -0.2) is 28.9 Å². The van der Waals surface area contributed by atoms with Crippen LogP contribution < -0.4 is 5.32 Å². The molecule has 5 nitrogen and oxygen atoms in total. The molecule has 3 aromatic rings. The van der Waals surface area contributed by atoms with Crippen molar-refractivity contribution in [3.8, 4) is 16.6 Å². The quantitative estimate of drug-likeness (QED) is 0.460. The van der Waals surface area contributed by atoms with Gasteiger partial charge in [-0.1, -0.05) is 13.0 Å². The molecule has 0 aliphatic carbocycles. The molecule has 0 radical (unpaired) electrons. The number of piperidine rings is 1. The summed E-state index contributed by atoms with van der Waals surface area (Å²) in [6, 6.07) is 16.2. The Hall–Kier alpha value is -3.17. The van der Waals surface area contributed by atoms with E-state index < -0.39 is 0 Å². The van der Waals surface area contributed by atoms with Crippen LogP contribution in [0.2, 0.25) is 0 Å². The number of nitrogens with zero attached hydrogens (tertiary/aromatic N) is 3. The average Bonchev–Trinajstić information content (AvgIpc) is 3.18. The van der Waals surface area contributed by atoms with E-state index in [9.17, 15) is 10.1 Å². The normalized spacial score (nSPS) is 15.2. The van der Waals surface area contributed by atoms with Crippen LogP contribution in [0.1, 0.15) is 25.3 Å². The molecule has 2 aromatic carbocycles. The smallest absolute Gasteiger partial charge is 0.266 e. The molecule has 1 aliphatic heterocycles. The molecule has 0 spiro atoms. The molecular weight excluding hydrogens is 392 g/mol. The zero-order valence-corrected chi connectivity index (χ0v) is 18.0. The zero-order valence-electron chi connectivity index (χ0n) is 17.2. The highest BCUT2D eigenvalue weighted by molar-refractivity contribution is 7.21. The summed E-state index contributed by atoms with van der Waals surface area (Å²) in [4.78, 5) is 19.1. The second-order valence-electron chi connectivity index (χ2n) is 7.86. The standard InChI is InChI=1S/C24H24N4OS/c1-16-9-11-28(12-10-16)24(29)19(14-25)15-26-20-6-4-18(5-7-20)23-27-21-8-3-17(2)13-22(21)30-23/h3-8,13,15-16,26H,9-12H2,1-2H3/b19-15-. The first kappa shape index (κ1) is 20.1. The van der Waals surface area contributed by atoms with Crippen LogP contribution in [0.15, 0.2) is 54.2 Å². The van der Waals surface area contributed by atoms with E-state index in [-0.39, 0.29) is 11.5 Å². The number of aryl methyl sites for hydroxylation is 1. The van der Waals surface area contributed by atoms with Crippen molar-refractivity contribution >= 4 is 33.1 Å². The number of hydrogen-bond acceptors (Lipinski definition) is 5. The molecule has 0 atom stereocenters. The van der Waals surface area contributed by atoms with E-state index in [2.05, 4.69) is 37.4 Å². The molecule has 1 fully saturated rings. The number of benzene rings is 2. The van der Waals surface area contributed by atoms with Crippen molar-refractivity contribution in [1.82, 2.24) is 9.88 Å². The van der Waals surface area contributed by atoms with Gasteiger partial charge in [0, 0.05) is 30.5 Å². The topological polar surface area (TPSA) is 69.0 Å². The predicted octanol–water partition coefficient (Wildman–Crippen LogP) is 5.35. The number of fused-ring (bicyclic) bond motifs is 1. The van der Waals surface area contributed by atoms with Gasteiger partial charge in [0.2, 0.25) is 0 Å². The molecule has 4 rings (SSSR count). The van der Waals surface area contributed by atoms with Crippen molar-refractivity contribution in [2.24, 2.45) is 5.92 Å². The van der Waals surface area contributed by atoms with Crippen LogP contribution in [-0.2, 0) is 4.79 Å². The van der Waals surface area contributed by atoms with Gasteiger partial charge in [0.05, 0.1) is 10.2 Å². The third-order valence-electron chi connectivity index (χ3n) is 5.48. The summed E-state index contributed by atoms with van der Waals surface area (Å²) in [6.45, 7) is 5.72. The van der Waals surface area contributed by atoms with Gasteiger partial charge >= 0.3 is 0 Å². The summed E-state index contributed by atoms with van der Waals surface area (Å²) in [6.07, 6.45) is 3.49. The van der Waals surface area contributed by atoms with E-state index in [0.717, 1.165) is 47.7 Å². The Bertz CT molecular complexity index is 1130. The lowest BCUT2D eigenvalue weighted by Gasteiger charge is -2.30. The fourth-order valence-electron chi connectivity index (χ4n) is 3.54. The second kappa shape index (κ2) is 8.68. The summed E-state index contributed by atoms with van der Waals surface area (Å²) in [7, 11) is 0. The number of nitriles is 1. The lowest BCUT2D eigenvalue weighted by molar-refractivity contribution is -0.128. The van der Waals surface area contributed by atoms with Gasteiger partial charge in [0.1, 0.15) is 16.6 Å². The van der Waals surface area contributed by atoms with E-state index in [1.807, 2.05) is 30.3 Å². The molecule has 0 saturated carbocycles. The monoisotopic (exact) mass is 416 g/mol. The first-order valence-electron chi connectivity index (χ1n) is 10.2. The number of hydrogen-bond donors (Lipinski definition) is 1. The van der Waals surface area contributed by atoms with Crippen LogP contribution in [0.3, 0.4) is 0 Å². The molecule has 30 heavy (non-hydrogen) atoms. The first-order valence-corrected chi connectivity index (χ1v) is 11.0. The maximum Gasteiger partial charge on any atom is 0.266 e. The third-order valence-corrected chi connectivity index (χ3v) is 6.55. The van der Waals surface area contributed by atoms with Crippen molar-refractivity contribution in [3.63, 3.8) is 0 Å². The van der Waals surface area contributed by atoms with E-state index >= 15 is 0 Å². The highest BCUT2D eigenvalue weighted by atomic mass is 32.1. The number of nitrogens with one attached hydrogen (secondary N) is 1. The lowest BCUT2D eigenvalue weighted by Crippen LogP contribution is -2.38. The van der Waals surface area contributed by atoms with Crippen molar-refractivity contribution in [3.05, 3.63) is 59.8 Å².